The van der Waals surface area contributed by atoms with Gasteiger partial charge in [0.2, 0.25) is 11.8 Å². The maximum Gasteiger partial charge on any atom is 0.236 e. The molecular formula is C20H17F2N3O2S2. The SMILES string of the molecule is CC(=O)Nc1ccc(-c2csc(NC(=O)CSCc3ccc(F)cc3)n2)c(F)c1. The molecule has 2 N–H and O–H groups in total. The van der Waals surface area contributed by atoms with E-state index in [1.54, 1.807) is 23.6 Å². The molecule has 0 saturated carbocycles. The van der Waals surface area contributed by atoms with Gasteiger partial charge >= 0.3 is 0 Å². The van der Waals surface area contributed by atoms with Gasteiger partial charge in [0, 0.05) is 29.3 Å². The van der Waals surface area contributed by atoms with Crippen molar-refractivity contribution in [3.05, 3.63) is 65.0 Å². The molecule has 0 bridgehead atoms. The van der Waals surface area contributed by atoms with Crippen molar-refractivity contribution in [2.24, 2.45) is 0 Å². The van der Waals surface area contributed by atoms with Crippen molar-refractivity contribution in [3.8, 4) is 11.3 Å². The minimum Gasteiger partial charge on any atom is -0.326 e. The number of benzene rings is 2. The summed E-state index contributed by atoms with van der Waals surface area (Å²) in [6.45, 7) is 1.35. The molecule has 1 heterocycles. The Morgan fingerprint density at radius 3 is 2.55 bits per heavy atom. The van der Waals surface area contributed by atoms with Gasteiger partial charge in [-0.3, -0.25) is 9.59 Å². The summed E-state index contributed by atoms with van der Waals surface area (Å²) >= 11 is 2.60. The number of thioether (sulfide) groups is 1. The highest BCUT2D eigenvalue weighted by Gasteiger charge is 2.12. The van der Waals surface area contributed by atoms with Gasteiger partial charge < -0.3 is 10.6 Å². The van der Waals surface area contributed by atoms with Crippen LogP contribution in [0.4, 0.5) is 19.6 Å². The number of carbonyl (C=O) groups excluding carboxylic acids is 2. The van der Waals surface area contributed by atoms with Crippen LogP contribution in [0.3, 0.4) is 0 Å². The zero-order valence-corrected chi connectivity index (χ0v) is 17.0. The minimum absolute atomic E-state index is 0.214. The number of amides is 2. The van der Waals surface area contributed by atoms with Crippen molar-refractivity contribution in [1.82, 2.24) is 4.98 Å². The molecule has 150 valence electrons. The molecule has 0 aliphatic heterocycles. The van der Waals surface area contributed by atoms with Gasteiger partial charge in [-0.2, -0.15) is 0 Å². The van der Waals surface area contributed by atoms with Crippen LogP contribution in [0.15, 0.2) is 47.8 Å². The van der Waals surface area contributed by atoms with Crippen LogP contribution in [-0.2, 0) is 15.3 Å². The number of nitrogens with one attached hydrogen (secondary N) is 2. The lowest BCUT2D eigenvalue weighted by molar-refractivity contribution is -0.114. The monoisotopic (exact) mass is 433 g/mol. The standard InChI is InChI=1S/C20H17F2N3O2S2/c1-12(26)23-15-6-7-16(17(22)8-15)18-10-29-20(24-18)25-19(27)11-28-9-13-2-4-14(21)5-3-13/h2-8,10H,9,11H2,1H3,(H,23,26)(H,24,25,27). The van der Waals surface area contributed by atoms with Crippen LogP contribution in [0.25, 0.3) is 11.3 Å². The van der Waals surface area contributed by atoms with Crippen molar-refractivity contribution in [2.75, 3.05) is 16.4 Å². The maximum atomic E-state index is 14.3. The summed E-state index contributed by atoms with van der Waals surface area (Å²) in [5, 5.41) is 7.23. The lowest BCUT2D eigenvalue weighted by Gasteiger charge is -2.05. The van der Waals surface area contributed by atoms with Gasteiger partial charge in [0.15, 0.2) is 5.13 Å². The molecule has 0 saturated heterocycles. The molecule has 2 aromatic carbocycles. The molecule has 0 unspecified atom stereocenters. The molecule has 0 spiro atoms. The fraction of sp³-hybridized carbons (Fsp3) is 0.150. The zero-order valence-electron chi connectivity index (χ0n) is 15.4. The number of thiazole rings is 1. The van der Waals surface area contributed by atoms with Crippen molar-refractivity contribution >= 4 is 45.7 Å². The van der Waals surface area contributed by atoms with Crippen LogP contribution in [0.5, 0.6) is 0 Å². The second kappa shape index (κ2) is 9.62. The Morgan fingerprint density at radius 2 is 1.86 bits per heavy atom. The molecule has 0 aliphatic carbocycles. The molecule has 0 fully saturated rings. The first-order valence-electron chi connectivity index (χ1n) is 8.56. The Bertz CT molecular complexity index is 1020. The van der Waals surface area contributed by atoms with E-state index >= 15 is 0 Å². The Hall–Kier alpha value is -2.78. The van der Waals surface area contributed by atoms with Crippen LogP contribution in [0.1, 0.15) is 12.5 Å². The first-order valence-corrected chi connectivity index (χ1v) is 10.6. The van der Waals surface area contributed by atoms with Crippen molar-refractivity contribution in [1.29, 1.82) is 0 Å². The van der Waals surface area contributed by atoms with Crippen LogP contribution in [0.2, 0.25) is 0 Å². The second-order valence-corrected chi connectivity index (χ2v) is 7.92. The summed E-state index contributed by atoms with van der Waals surface area (Å²) in [6, 6.07) is 10.5. The molecule has 0 aliphatic rings. The van der Waals surface area contributed by atoms with E-state index in [-0.39, 0.29) is 28.9 Å². The molecule has 3 rings (SSSR count). The zero-order chi connectivity index (χ0) is 20.8. The van der Waals surface area contributed by atoms with Crippen LogP contribution < -0.4 is 10.6 Å². The fourth-order valence-electron chi connectivity index (χ4n) is 2.46. The van der Waals surface area contributed by atoms with E-state index in [0.29, 0.717) is 22.3 Å². The largest absolute Gasteiger partial charge is 0.326 e. The molecule has 9 heteroatoms. The predicted molar refractivity (Wildman–Crippen MR) is 113 cm³/mol. The third kappa shape index (κ3) is 6.10. The minimum atomic E-state index is -0.519. The number of anilines is 2. The third-order valence-corrected chi connectivity index (χ3v) is 5.49. The average Bonchev–Trinajstić information content (AvgIpc) is 3.11. The first-order chi connectivity index (χ1) is 13.9. The number of nitrogens with zero attached hydrogens (tertiary/aromatic N) is 1. The predicted octanol–water partition coefficient (Wildman–Crippen LogP) is 4.92. The van der Waals surface area contributed by atoms with Gasteiger partial charge in [0.05, 0.1) is 11.4 Å². The molecule has 3 aromatic rings. The van der Waals surface area contributed by atoms with E-state index in [1.807, 2.05) is 0 Å². The van der Waals surface area contributed by atoms with E-state index in [0.717, 1.165) is 5.56 Å². The number of hydrogen-bond donors (Lipinski definition) is 2. The lowest BCUT2D eigenvalue weighted by atomic mass is 10.1. The quantitative estimate of drug-likeness (QED) is 0.555. The Kier molecular flexibility index (Phi) is 6.95. The van der Waals surface area contributed by atoms with Crippen molar-refractivity contribution < 1.29 is 18.4 Å². The lowest BCUT2D eigenvalue weighted by Crippen LogP contribution is -2.14. The number of hydrogen-bond acceptors (Lipinski definition) is 5. The normalized spacial score (nSPS) is 10.6. The fourth-order valence-corrected chi connectivity index (χ4v) is 3.97. The molecule has 29 heavy (non-hydrogen) atoms. The molecule has 1 aromatic heterocycles. The smallest absolute Gasteiger partial charge is 0.236 e. The average molecular weight is 434 g/mol. The summed E-state index contributed by atoms with van der Waals surface area (Å²) in [5.41, 5.74) is 1.97. The van der Waals surface area contributed by atoms with E-state index in [1.165, 1.54) is 54.3 Å². The third-order valence-electron chi connectivity index (χ3n) is 3.73. The highest BCUT2D eigenvalue weighted by Crippen LogP contribution is 2.28. The molecule has 0 radical (unpaired) electrons. The Morgan fingerprint density at radius 1 is 1.10 bits per heavy atom. The van der Waals surface area contributed by atoms with E-state index in [9.17, 15) is 18.4 Å². The summed E-state index contributed by atoms with van der Waals surface area (Å²) in [4.78, 5) is 27.4. The van der Waals surface area contributed by atoms with Crippen LogP contribution in [0, 0.1) is 11.6 Å². The van der Waals surface area contributed by atoms with E-state index in [4.69, 9.17) is 0 Å². The van der Waals surface area contributed by atoms with Crippen molar-refractivity contribution in [3.63, 3.8) is 0 Å². The molecule has 2 amide bonds. The van der Waals surface area contributed by atoms with Gasteiger partial charge in [-0.05, 0) is 35.9 Å². The highest BCUT2D eigenvalue weighted by atomic mass is 32.2. The number of halogens is 2. The Balaban J connectivity index is 1.55. The van der Waals surface area contributed by atoms with Gasteiger partial charge in [-0.1, -0.05) is 12.1 Å². The number of carbonyl (C=O) groups is 2. The maximum absolute atomic E-state index is 14.3. The first kappa shape index (κ1) is 20.9. The second-order valence-electron chi connectivity index (χ2n) is 6.08. The molecular weight excluding hydrogens is 416 g/mol. The Labute approximate surface area is 174 Å². The topological polar surface area (TPSA) is 71.1 Å². The summed E-state index contributed by atoms with van der Waals surface area (Å²) in [7, 11) is 0. The van der Waals surface area contributed by atoms with Crippen LogP contribution >= 0.6 is 23.1 Å². The molecule has 0 atom stereocenters. The van der Waals surface area contributed by atoms with Gasteiger partial charge in [0.25, 0.3) is 0 Å². The van der Waals surface area contributed by atoms with Crippen LogP contribution in [-0.4, -0.2) is 22.6 Å². The van der Waals surface area contributed by atoms with Gasteiger partial charge in [-0.15, -0.1) is 23.1 Å². The molecule has 5 nitrogen and oxygen atoms in total. The van der Waals surface area contributed by atoms with Crippen molar-refractivity contribution in [2.45, 2.75) is 12.7 Å². The number of rotatable bonds is 7. The van der Waals surface area contributed by atoms with E-state index < -0.39 is 5.82 Å². The summed E-state index contributed by atoms with van der Waals surface area (Å²) < 4.78 is 27.2. The summed E-state index contributed by atoms with van der Waals surface area (Å²) in [5.74, 6) is -0.520. The summed E-state index contributed by atoms with van der Waals surface area (Å²) in [6.07, 6.45) is 0. The van der Waals surface area contributed by atoms with Gasteiger partial charge in [-0.25, -0.2) is 13.8 Å². The number of aromatic nitrogens is 1. The highest BCUT2D eigenvalue weighted by molar-refractivity contribution is 7.99. The van der Waals surface area contributed by atoms with E-state index in [2.05, 4.69) is 15.6 Å². The van der Waals surface area contributed by atoms with Gasteiger partial charge in [0.1, 0.15) is 11.6 Å².